The zero-order chi connectivity index (χ0) is 31.6. The van der Waals surface area contributed by atoms with Gasteiger partial charge in [0.05, 0.1) is 18.2 Å². The molecular weight excluding hydrogens is 592 g/mol. The lowest BCUT2D eigenvalue weighted by Gasteiger charge is -2.15. The number of benzene rings is 3. The zero-order valence-electron chi connectivity index (χ0n) is 23.1. The van der Waals surface area contributed by atoms with E-state index in [9.17, 15) is 13.6 Å². The van der Waals surface area contributed by atoms with E-state index in [2.05, 4.69) is 5.10 Å². The van der Waals surface area contributed by atoms with Gasteiger partial charge in [-0.3, -0.25) is 4.79 Å². The van der Waals surface area contributed by atoms with Crippen molar-refractivity contribution in [2.75, 3.05) is 19.0 Å². The third-order valence-corrected chi connectivity index (χ3v) is 6.39. The van der Waals surface area contributed by atoms with E-state index >= 15 is 17.6 Å². The number of aromatic nitrogens is 2. The van der Waals surface area contributed by atoms with Crippen LogP contribution in [0.15, 0.2) is 72.9 Å². The molecule has 0 bridgehead atoms. The average molecular weight is 616 g/mol. The molecule has 0 radical (unpaired) electrons. The summed E-state index contributed by atoms with van der Waals surface area (Å²) in [5.74, 6) is -11.6. The smallest absolute Gasteiger partial charge is 0.278 e. The molecule has 0 saturated carbocycles. The Bertz CT molecular complexity index is 1810. The van der Waals surface area contributed by atoms with Gasteiger partial charge in [0.15, 0.2) is 29.9 Å². The van der Waals surface area contributed by atoms with Crippen LogP contribution in [0.1, 0.15) is 22.8 Å². The Kier molecular flexibility index (Phi) is 8.39. The van der Waals surface area contributed by atoms with Crippen molar-refractivity contribution < 1.29 is 45.3 Å². The first-order valence-electron chi connectivity index (χ1n) is 13.0. The number of nitrogens with one attached hydrogen (secondary N) is 1. The van der Waals surface area contributed by atoms with E-state index in [4.69, 9.17) is 14.2 Å². The Morgan fingerprint density at radius 1 is 0.886 bits per heavy atom. The van der Waals surface area contributed by atoms with Gasteiger partial charge in [-0.05, 0) is 47.5 Å². The summed E-state index contributed by atoms with van der Waals surface area (Å²) in [5, 5.41) is 6.12. The van der Waals surface area contributed by atoms with Crippen molar-refractivity contribution in [1.29, 1.82) is 0 Å². The zero-order valence-corrected chi connectivity index (χ0v) is 23.1. The summed E-state index contributed by atoms with van der Waals surface area (Å²) in [5.41, 5.74) is -2.27. The average Bonchev–Trinajstić information content (AvgIpc) is 3.39. The van der Waals surface area contributed by atoms with Gasteiger partial charge in [-0.25, -0.2) is 30.9 Å². The lowest BCUT2D eigenvalue weighted by Crippen LogP contribution is -2.20. The van der Waals surface area contributed by atoms with E-state index in [0.717, 1.165) is 12.1 Å². The minimum Gasteiger partial charge on any atom is -0.497 e. The van der Waals surface area contributed by atoms with Crippen molar-refractivity contribution >= 4 is 17.1 Å². The molecule has 0 saturated heterocycles. The molecule has 0 unspecified atom stereocenters. The van der Waals surface area contributed by atoms with Gasteiger partial charge in [-0.15, -0.1) is 5.10 Å². The van der Waals surface area contributed by atoms with Crippen molar-refractivity contribution in [3.8, 4) is 28.5 Å². The van der Waals surface area contributed by atoms with Crippen molar-refractivity contribution in [1.82, 2.24) is 9.61 Å². The molecule has 2 heterocycles. The summed E-state index contributed by atoms with van der Waals surface area (Å²) in [4.78, 5) is 13.4. The number of rotatable bonds is 10. The van der Waals surface area contributed by atoms with Gasteiger partial charge in [0.2, 0.25) is 5.88 Å². The van der Waals surface area contributed by atoms with E-state index in [-0.39, 0.29) is 34.9 Å². The quantitative estimate of drug-likeness (QED) is 0.131. The molecule has 0 aliphatic carbocycles. The Morgan fingerprint density at radius 2 is 1.59 bits per heavy atom. The van der Waals surface area contributed by atoms with E-state index in [1.807, 2.05) is 5.32 Å². The summed E-state index contributed by atoms with van der Waals surface area (Å²) in [7, 11) is 1.51. The molecule has 1 amide bonds. The minimum atomic E-state index is -3.20. The highest BCUT2D eigenvalue weighted by Crippen LogP contribution is 2.37. The van der Waals surface area contributed by atoms with Crippen molar-refractivity contribution in [2.24, 2.45) is 0 Å². The first-order valence-corrected chi connectivity index (χ1v) is 13.0. The predicted molar refractivity (Wildman–Crippen MR) is 148 cm³/mol. The highest BCUT2D eigenvalue weighted by atomic mass is 19.3. The molecule has 1 N–H and O–H groups in total. The fourth-order valence-corrected chi connectivity index (χ4v) is 4.29. The van der Waals surface area contributed by atoms with Gasteiger partial charge >= 0.3 is 0 Å². The van der Waals surface area contributed by atoms with Gasteiger partial charge < -0.3 is 19.5 Å². The summed E-state index contributed by atoms with van der Waals surface area (Å²) in [6.45, 7) is -0.477. The lowest BCUT2D eigenvalue weighted by atomic mass is 10.0. The number of carbonyl (C=O) groups is 1. The van der Waals surface area contributed by atoms with E-state index in [0.29, 0.717) is 18.2 Å². The van der Waals surface area contributed by atoms with Crippen molar-refractivity contribution in [3.63, 3.8) is 0 Å². The summed E-state index contributed by atoms with van der Waals surface area (Å²) in [6.07, 6.45) is 1.50. The van der Waals surface area contributed by atoms with Crippen LogP contribution in [0.3, 0.4) is 0 Å². The van der Waals surface area contributed by atoms with Crippen LogP contribution in [0.2, 0.25) is 0 Å². The van der Waals surface area contributed by atoms with E-state index < -0.39 is 53.0 Å². The van der Waals surface area contributed by atoms with Crippen molar-refractivity contribution in [3.05, 3.63) is 107 Å². The molecule has 13 heteroatoms. The van der Waals surface area contributed by atoms with E-state index in [1.165, 1.54) is 36.0 Å². The van der Waals surface area contributed by atoms with Crippen LogP contribution >= 0.6 is 0 Å². The third kappa shape index (κ3) is 6.26. The van der Waals surface area contributed by atoms with Gasteiger partial charge in [0.1, 0.15) is 29.4 Å². The number of amides is 1. The lowest BCUT2D eigenvalue weighted by molar-refractivity contribution is -0.0229. The van der Waals surface area contributed by atoms with Crippen LogP contribution in [0.4, 0.5) is 32.0 Å². The number of carbonyl (C=O) groups excluding carboxylic acids is 1. The number of halogens is 6. The standard InChI is InChI=1S/C31H23F6N3O4/c1-31(36,37)16-44-20-7-5-6-18(14-20)22-24(32)26(34)28(27(35)25(22)33)38-29(41)23-21-8-3-4-13-40(21)39-30(23)43-15-17-9-11-19(42-2)12-10-17/h3-14H,15-16H2,1-2H3,(H,38,41). The van der Waals surface area contributed by atoms with Crippen LogP contribution in [0.25, 0.3) is 16.6 Å². The predicted octanol–water partition coefficient (Wildman–Crippen LogP) is 7.43. The van der Waals surface area contributed by atoms with Crippen LogP contribution in [0, 0.1) is 23.3 Å². The highest BCUT2D eigenvalue weighted by molar-refractivity contribution is 6.11. The first-order chi connectivity index (χ1) is 21.0. The maximum Gasteiger partial charge on any atom is 0.278 e. The number of nitrogens with zero attached hydrogens (tertiary/aromatic N) is 2. The Labute approximate surface area is 246 Å². The number of hydrogen-bond acceptors (Lipinski definition) is 5. The Hall–Kier alpha value is -5.20. The SMILES string of the molecule is COc1ccc(COc2nn3ccccc3c2C(=O)Nc2c(F)c(F)c(-c3cccc(OCC(C)(F)F)c3)c(F)c2F)cc1. The van der Waals surface area contributed by atoms with Gasteiger partial charge in [0, 0.05) is 13.1 Å². The molecule has 44 heavy (non-hydrogen) atoms. The second-order valence-electron chi connectivity index (χ2n) is 9.69. The fourth-order valence-electron chi connectivity index (χ4n) is 4.29. The minimum absolute atomic E-state index is 0.0481. The van der Waals surface area contributed by atoms with Gasteiger partial charge in [0.25, 0.3) is 11.8 Å². The van der Waals surface area contributed by atoms with Gasteiger partial charge in [-0.1, -0.05) is 30.3 Å². The number of alkyl halides is 2. The topological polar surface area (TPSA) is 74.1 Å². The maximum absolute atomic E-state index is 15.3. The molecule has 0 fully saturated rings. The molecule has 0 spiro atoms. The number of fused-ring (bicyclic) bond motifs is 1. The first kappa shape index (κ1) is 30.3. The van der Waals surface area contributed by atoms with Crippen LogP contribution < -0.4 is 19.5 Å². The van der Waals surface area contributed by atoms with Gasteiger partial charge in [-0.2, -0.15) is 0 Å². The number of pyridine rings is 1. The Balaban J connectivity index is 1.46. The highest BCUT2D eigenvalue weighted by Gasteiger charge is 2.30. The van der Waals surface area contributed by atoms with Crippen molar-refractivity contribution in [2.45, 2.75) is 19.5 Å². The molecule has 2 aromatic heterocycles. The molecule has 7 nitrogen and oxygen atoms in total. The molecule has 0 aliphatic rings. The third-order valence-electron chi connectivity index (χ3n) is 6.39. The summed E-state index contributed by atoms with van der Waals surface area (Å²) in [6, 6.07) is 16.0. The molecule has 228 valence electrons. The Morgan fingerprint density at radius 3 is 2.25 bits per heavy atom. The second kappa shape index (κ2) is 12.2. The number of methoxy groups -OCH3 is 1. The number of anilines is 1. The summed E-state index contributed by atoms with van der Waals surface area (Å²) < 4.78 is 104. The van der Waals surface area contributed by atoms with Crippen LogP contribution in [0.5, 0.6) is 17.4 Å². The van der Waals surface area contributed by atoms with Crippen LogP contribution in [-0.2, 0) is 6.61 Å². The maximum atomic E-state index is 15.3. The summed E-state index contributed by atoms with van der Waals surface area (Å²) >= 11 is 0. The normalized spacial score (nSPS) is 11.5. The van der Waals surface area contributed by atoms with Crippen LogP contribution in [-0.4, -0.2) is 35.2 Å². The molecule has 3 aromatic carbocycles. The molecular formula is C31H23F6N3O4. The molecule has 0 atom stereocenters. The second-order valence-corrected chi connectivity index (χ2v) is 9.69. The monoisotopic (exact) mass is 615 g/mol. The molecule has 5 aromatic rings. The number of hydrogen-bond donors (Lipinski definition) is 1. The number of ether oxygens (including phenoxy) is 3. The fraction of sp³-hybridized carbons (Fsp3) is 0.161. The van der Waals surface area contributed by atoms with E-state index in [1.54, 1.807) is 36.4 Å². The largest absolute Gasteiger partial charge is 0.497 e. The molecule has 5 rings (SSSR count). The molecule has 0 aliphatic heterocycles.